The molecule has 1 fully saturated rings. The highest BCUT2D eigenvalue weighted by Gasteiger charge is 2.36. The van der Waals surface area contributed by atoms with Crippen molar-refractivity contribution in [2.75, 3.05) is 4.90 Å². The van der Waals surface area contributed by atoms with E-state index in [2.05, 4.69) is 0 Å². The van der Waals surface area contributed by atoms with Gasteiger partial charge in [0.1, 0.15) is 11.5 Å². The number of halogens is 2. The Morgan fingerprint density at radius 3 is 2.55 bits per heavy atom. The first-order valence-electron chi connectivity index (χ1n) is 8.83. The van der Waals surface area contributed by atoms with Gasteiger partial charge >= 0.3 is 0 Å². The molecule has 3 aromatic rings. The van der Waals surface area contributed by atoms with E-state index in [1.165, 1.54) is 30.3 Å². The van der Waals surface area contributed by atoms with E-state index >= 15 is 0 Å². The Morgan fingerprint density at radius 2 is 1.84 bits per heavy atom. The molecule has 7 nitrogen and oxygen atoms in total. The van der Waals surface area contributed by atoms with E-state index in [0.717, 1.165) is 22.2 Å². The predicted molar refractivity (Wildman–Crippen MR) is 120 cm³/mol. The van der Waals surface area contributed by atoms with Crippen molar-refractivity contribution in [2.45, 2.75) is 6.92 Å². The number of carbonyl (C=O) groups is 2. The molecule has 1 aliphatic rings. The Labute approximate surface area is 190 Å². The van der Waals surface area contributed by atoms with Crippen LogP contribution in [0.1, 0.15) is 11.3 Å². The van der Waals surface area contributed by atoms with Gasteiger partial charge in [0.05, 0.1) is 31.1 Å². The Bertz CT molecular complexity index is 1280. The van der Waals surface area contributed by atoms with Crippen molar-refractivity contribution in [3.63, 3.8) is 0 Å². The van der Waals surface area contributed by atoms with Crippen molar-refractivity contribution in [3.8, 4) is 11.3 Å². The van der Waals surface area contributed by atoms with Crippen molar-refractivity contribution in [1.29, 1.82) is 0 Å². The lowest BCUT2D eigenvalue weighted by Gasteiger charge is -2.12. The molecule has 0 aliphatic carbocycles. The number of nitrogens with zero attached hydrogens (tertiary/aromatic N) is 2. The zero-order valence-corrected chi connectivity index (χ0v) is 18.1. The molecule has 0 spiro atoms. The van der Waals surface area contributed by atoms with E-state index in [4.69, 9.17) is 27.6 Å². The number of rotatable bonds is 4. The maximum Gasteiger partial charge on any atom is 0.298 e. The minimum absolute atomic E-state index is 0.0826. The monoisotopic (exact) mass is 474 g/mol. The number of hydrogen-bond donors (Lipinski definition) is 0. The van der Waals surface area contributed by atoms with E-state index in [0.29, 0.717) is 16.3 Å². The lowest BCUT2D eigenvalue weighted by atomic mass is 10.1. The predicted octanol–water partition coefficient (Wildman–Crippen LogP) is 6.71. The van der Waals surface area contributed by atoms with Crippen molar-refractivity contribution in [3.05, 3.63) is 84.9 Å². The summed E-state index contributed by atoms with van der Waals surface area (Å²) in [6.07, 6.45) is 1.42. The quantitative estimate of drug-likeness (QED) is 0.237. The maximum absolute atomic E-state index is 12.8. The standard InChI is InChI=1S/C21H12Cl2N2O5S/c1-11-2-5-14(17(8-11)25(28)29)18-7-4-13(30-18)10-19-20(26)24(21(27)31-19)12-3-6-15(22)16(23)9-12/h2-10H,1H3/b19-10+. The lowest BCUT2D eigenvalue weighted by molar-refractivity contribution is -0.384. The largest absolute Gasteiger partial charge is 0.456 e. The van der Waals surface area contributed by atoms with Crippen LogP contribution in [-0.2, 0) is 4.79 Å². The summed E-state index contributed by atoms with van der Waals surface area (Å²) < 4.78 is 5.71. The number of benzene rings is 2. The Kier molecular flexibility index (Phi) is 5.62. The van der Waals surface area contributed by atoms with Crippen LogP contribution in [0, 0.1) is 17.0 Å². The third-order valence-corrected chi connectivity index (χ3v) is 6.08. The SMILES string of the molecule is Cc1ccc(-c2ccc(/C=C3/SC(=O)N(c4ccc(Cl)c(Cl)c4)C3=O)o2)c([N+](=O)[O-])c1. The van der Waals surface area contributed by atoms with Crippen LogP contribution in [0.15, 0.2) is 57.9 Å². The van der Waals surface area contributed by atoms with Crippen LogP contribution in [-0.4, -0.2) is 16.1 Å². The van der Waals surface area contributed by atoms with Crippen molar-refractivity contribution >= 4 is 63.6 Å². The lowest BCUT2D eigenvalue weighted by Crippen LogP contribution is -2.27. The van der Waals surface area contributed by atoms with Crippen molar-refractivity contribution in [2.24, 2.45) is 0 Å². The molecule has 10 heteroatoms. The number of thioether (sulfide) groups is 1. The second-order valence-electron chi connectivity index (χ2n) is 6.60. The third-order valence-electron chi connectivity index (χ3n) is 4.47. The molecule has 4 rings (SSSR count). The molecule has 0 atom stereocenters. The second kappa shape index (κ2) is 8.22. The molecule has 2 heterocycles. The number of amides is 2. The number of aryl methyl sites for hydroxylation is 1. The van der Waals surface area contributed by atoms with E-state index in [1.54, 1.807) is 31.2 Å². The fourth-order valence-electron chi connectivity index (χ4n) is 3.02. The zero-order chi connectivity index (χ0) is 22.3. The maximum atomic E-state index is 12.8. The fraction of sp³-hybridized carbons (Fsp3) is 0.0476. The molecule has 2 aromatic carbocycles. The van der Waals surface area contributed by atoms with Gasteiger partial charge in [0, 0.05) is 12.1 Å². The number of imide groups is 1. The molecular formula is C21H12Cl2N2O5S. The number of furan rings is 1. The van der Waals surface area contributed by atoms with Crippen LogP contribution in [0.4, 0.5) is 16.2 Å². The first kappa shape index (κ1) is 21.2. The van der Waals surface area contributed by atoms with E-state index in [-0.39, 0.29) is 27.1 Å². The highest BCUT2D eigenvalue weighted by Crippen LogP contribution is 2.38. The normalized spacial score (nSPS) is 15.2. The molecule has 1 aliphatic heterocycles. The summed E-state index contributed by atoms with van der Waals surface area (Å²) in [6.45, 7) is 1.76. The Hall–Kier alpha value is -3.07. The summed E-state index contributed by atoms with van der Waals surface area (Å²) in [5.74, 6) is 0.0267. The van der Waals surface area contributed by atoms with E-state index in [9.17, 15) is 19.7 Å². The van der Waals surface area contributed by atoms with Gasteiger partial charge in [-0.25, -0.2) is 4.90 Å². The molecule has 0 saturated carbocycles. The minimum Gasteiger partial charge on any atom is -0.456 e. The van der Waals surface area contributed by atoms with Gasteiger partial charge in [-0.15, -0.1) is 0 Å². The smallest absolute Gasteiger partial charge is 0.298 e. The Morgan fingerprint density at radius 1 is 1.06 bits per heavy atom. The van der Waals surface area contributed by atoms with E-state index < -0.39 is 16.1 Å². The molecule has 0 N–H and O–H groups in total. The summed E-state index contributed by atoms with van der Waals surface area (Å²) in [7, 11) is 0. The molecular weight excluding hydrogens is 463 g/mol. The minimum atomic E-state index is -0.535. The van der Waals surface area contributed by atoms with Gasteiger partial charge in [-0.2, -0.15) is 0 Å². The van der Waals surface area contributed by atoms with E-state index in [1.807, 2.05) is 0 Å². The van der Waals surface area contributed by atoms with Gasteiger partial charge in [0.25, 0.3) is 16.8 Å². The first-order valence-corrected chi connectivity index (χ1v) is 10.4. The molecule has 0 unspecified atom stereocenters. The fourth-order valence-corrected chi connectivity index (χ4v) is 4.13. The van der Waals surface area contributed by atoms with Crippen LogP contribution >= 0.6 is 35.0 Å². The first-order chi connectivity index (χ1) is 14.7. The molecule has 156 valence electrons. The molecule has 1 aromatic heterocycles. The third kappa shape index (κ3) is 4.10. The van der Waals surface area contributed by atoms with Gasteiger partial charge in [-0.1, -0.05) is 29.3 Å². The number of nitro benzene ring substituents is 1. The van der Waals surface area contributed by atoms with Crippen LogP contribution < -0.4 is 4.90 Å². The van der Waals surface area contributed by atoms with Crippen LogP contribution in [0.5, 0.6) is 0 Å². The number of nitro groups is 1. The second-order valence-corrected chi connectivity index (χ2v) is 8.40. The zero-order valence-electron chi connectivity index (χ0n) is 15.8. The van der Waals surface area contributed by atoms with Gasteiger partial charge in [-0.05, 0) is 60.6 Å². The van der Waals surface area contributed by atoms with Crippen LogP contribution in [0.25, 0.3) is 17.4 Å². The summed E-state index contributed by atoms with van der Waals surface area (Å²) >= 11 is 12.6. The average molecular weight is 475 g/mol. The highest BCUT2D eigenvalue weighted by molar-refractivity contribution is 8.19. The summed E-state index contributed by atoms with van der Waals surface area (Å²) in [6, 6.07) is 12.4. The van der Waals surface area contributed by atoms with Gasteiger partial charge in [-0.3, -0.25) is 19.7 Å². The van der Waals surface area contributed by atoms with Crippen LogP contribution in [0.2, 0.25) is 10.0 Å². The molecule has 2 amide bonds. The summed E-state index contributed by atoms with van der Waals surface area (Å²) in [5, 5.41) is 11.4. The average Bonchev–Trinajstić information content (AvgIpc) is 3.28. The molecule has 0 bridgehead atoms. The number of hydrogen-bond acceptors (Lipinski definition) is 6. The van der Waals surface area contributed by atoms with Crippen LogP contribution in [0.3, 0.4) is 0 Å². The number of carbonyl (C=O) groups excluding carboxylic acids is 2. The van der Waals surface area contributed by atoms with Gasteiger partial charge < -0.3 is 4.42 Å². The van der Waals surface area contributed by atoms with Crippen molar-refractivity contribution in [1.82, 2.24) is 0 Å². The van der Waals surface area contributed by atoms with Gasteiger partial charge in [0.2, 0.25) is 0 Å². The highest BCUT2D eigenvalue weighted by atomic mass is 35.5. The topological polar surface area (TPSA) is 93.7 Å². The summed E-state index contributed by atoms with van der Waals surface area (Å²) in [5.41, 5.74) is 1.29. The van der Waals surface area contributed by atoms with Crippen molar-refractivity contribution < 1.29 is 18.9 Å². The van der Waals surface area contributed by atoms with Gasteiger partial charge in [0.15, 0.2) is 0 Å². The number of anilines is 1. The Balaban J connectivity index is 1.64. The summed E-state index contributed by atoms with van der Waals surface area (Å²) in [4.78, 5) is 37.2. The molecule has 1 saturated heterocycles. The molecule has 31 heavy (non-hydrogen) atoms. The molecule has 0 radical (unpaired) electrons.